The number of hydrogen-bond acceptors (Lipinski definition) is 8. The zero-order chi connectivity index (χ0) is 25.4. The minimum atomic E-state index is -2.79. The number of aromatic nitrogens is 7. The molecule has 4 heterocycles. The second-order valence-electron chi connectivity index (χ2n) is 8.09. The van der Waals surface area contributed by atoms with Crippen LogP contribution in [0, 0.1) is 6.92 Å². The Morgan fingerprint density at radius 1 is 1.06 bits per heavy atom. The van der Waals surface area contributed by atoms with E-state index in [0.717, 1.165) is 27.6 Å². The number of aryl methyl sites for hydroxylation is 1. The molecule has 0 radical (unpaired) electrons. The second kappa shape index (κ2) is 9.30. The molecule has 0 spiro atoms. The highest BCUT2D eigenvalue weighted by atomic mass is 19.3. The van der Waals surface area contributed by atoms with Gasteiger partial charge in [0.1, 0.15) is 17.8 Å². The predicted octanol–water partition coefficient (Wildman–Crippen LogP) is 4.45. The van der Waals surface area contributed by atoms with Crippen molar-refractivity contribution < 1.29 is 18.6 Å². The second-order valence-corrected chi connectivity index (χ2v) is 8.09. The number of fused-ring (bicyclic) bond motifs is 1. The monoisotopic (exact) mass is 492 g/mol. The molecule has 0 fully saturated rings. The molecule has 0 aliphatic carbocycles. The number of pyridine rings is 1. The van der Waals surface area contributed by atoms with Crippen molar-refractivity contribution in [1.29, 1.82) is 0 Å². The van der Waals surface area contributed by atoms with E-state index in [1.54, 1.807) is 30.0 Å². The van der Waals surface area contributed by atoms with Crippen LogP contribution in [0.4, 0.5) is 20.3 Å². The standard InChI is InChI=1S/C24H22F2N8O2/c1-13-4-8-20(31-30-13)28-15-5-7-19-17(10-15)27-12-33(19)21-9-6-16(14(2)35)24(29-21)34-22(36-3)11-18(32-34)23(25)26/h4-12,14,23,35H,1-3H3,(H,28,31). The highest BCUT2D eigenvalue weighted by Crippen LogP contribution is 2.30. The van der Waals surface area contributed by atoms with Crippen molar-refractivity contribution in [2.45, 2.75) is 26.4 Å². The summed E-state index contributed by atoms with van der Waals surface area (Å²) in [5, 5.41) is 25.6. The van der Waals surface area contributed by atoms with Gasteiger partial charge in [-0.3, -0.25) is 4.57 Å². The first kappa shape index (κ1) is 23.3. The number of hydrogen-bond donors (Lipinski definition) is 2. The summed E-state index contributed by atoms with van der Waals surface area (Å²) >= 11 is 0. The number of nitrogens with zero attached hydrogens (tertiary/aromatic N) is 7. The van der Waals surface area contributed by atoms with Gasteiger partial charge in [-0.15, -0.1) is 5.10 Å². The van der Waals surface area contributed by atoms with E-state index in [9.17, 15) is 13.9 Å². The third-order valence-electron chi connectivity index (χ3n) is 5.53. The molecule has 0 aliphatic heterocycles. The van der Waals surface area contributed by atoms with Gasteiger partial charge in [-0.1, -0.05) is 0 Å². The van der Waals surface area contributed by atoms with Crippen LogP contribution in [-0.4, -0.2) is 46.7 Å². The lowest BCUT2D eigenvalue weighted by molar-refractivity contribution is 0.145. The third-order valence-corrected chi connectivity index (χ3v) is 5.53. The lowest BCUT2D eigenvalue weighted by Gasteiger charge is -2.15. The highest BCUT2D eigenvalue weighted by Gasteiger charge is 2.22. The number of nitrogens with one attached hydrogen (secondary N) is 1. The van der Waals surface area contributed by atoms with Crippen LogP contribution in [0.2, 0.25) is 0 Å². The van der Waals surface area contributed by atoms with E-state index in [1.165, 1.54) is 7.11 Å². The summed E-state index contributed by atoms with van der Waals surface area (Å²) in [6.45, 7) is 3.42. The van der Waals surface area contributed by atoms with Gasteiger partial charge in [0.15, 0.2) is 11.6 Å². The van der Waals surface area contributed by atoms with Crippen LogP contribution >= 0.6 is 0 Å². The molecule has 0 saturated heterocycles. The van der Waals surface area contributed by atoms with Crippen LogP contribution < -0.4 is 10.1 Å². The molecule has 0 aliphatic rings. The minimum absolute atomic E-state index is 0.0715. The van der Waals surface area contributed by atoms with Gasteiger partial charge < -0.3 is 15.2 Å². The molecule has 0 bridgehead atoms. The Balaban J connectivity index is 1.55. The number of benzene rings is 1. The molecular weight excluding hydrogens is 470 g/mol. The van der Waals surface area contributed by atoms with E-state index >= 15 is 0 Å². The van der Waals surface area contributed by atoms with E-state index < -0.39 is 18.2 Å². The SMILES string of the molecule is COc1cc(C(F)F)nn1-c1nc(-n2cnc3cc(Nc4ccc(C)nn4)ccc32)ccc1C(C)O. The Labute approximate surface area is 204 Å². The zero-order valence-electron chi connectivity index (χ0n) is 19.6. The summed E-state index contributed by atoms with van der Waals surface area (Å²) in [5.74, 6) is 1.31. The lowest BCUT2D eigenvalue weighted by Crippen LogP contribution is -2.11. The third kappa shape index (κ3) is 4.33. The number of halogens is 2. The van der Waals surface area contributed by atoms with Crippen molar-refractivity contribution in [3.63, 3.8) is 0 Å². The first-order chi connectivity index (χ1) is 17.3. The summed E-state index contributed by atoms with van der Waals surface area (Å²) in [6.07, 6.45) is -2.10. The summed E-state index contributed by atoms with van der Waals surface area (Å²) in [4.78, 5) is 9.12. The summed E-state index contributed by atoms with van der Waals surface area (Å²) in [7, 11) is 1.35. The van der Waals surface area contributed by atoms with Crippen LogP contribution in [0.5, 0.6) is 5.88 Å². The van der Waals surface area contributed by atoms with Gasteiger partial charge in [-0.2, -0.15) is 14.9 Å². The predicted molar refractivity (Wildman–Crippen MR) is 128 cm³/mol. The van der Waals surface area contributed by atoms with Crippen molar-refractivity contribution in [3.8, 4) is 17.5 Å². The molecule has 12 heteroatoms. The largest absolute Gasteiger partial charge is 0.481 e. The average Bonchev–Trinajstić information content (AvgIpc) is 3.49. The first-order valence-corrected chi connectivity index (χ1v) is 11.0. The summed E-state index contributed by atoms with van der Waals surface area (Å²) in [5.41, 5.74) is 3.00. The Morgan fingerprint density at radius 2 is 1.89 bits per heavy atom. The highest BCUT2D eigenvalue weighted by molar-refractivity contribution is 5.82. The molecular formula is C24H22F2N8O2. The Kier molecular flexibility index (Phi) is 6.02. The minimum Gasteiger partial charge on any atom is -0.481 e. The van der Waals surface area contributed by atoms with Gasteiger partial charge in [0.2, 0.25) is 5.88 Å². The van der Waals surface area contributed by atoms with Crippen molar-refractivity contribution in [1.82, 2.24) is 34.5 Å². The number of aliphatic hydroxyl groups excluding tert-OH is 1. The fourth-order valence-electron chi connectivity index (χ4n) is 3.75. The van der Waals surface area contributed by atoms with Gasteiger partial charge in [0.25, 0.3) is 6.43 Å². The number of ether oxygens (including phenoxy) is 1. The molecule has 1 aromatic carbocycles. The zero-order valence-corrected chi connectivity index (χ0v) is 19.6. The molecule has 1 atom stereocenters. The molecule has 5 rings (SSSR count). The van der Waals surface area contributed by atoms with E-state index in [0.29, 0.717) is 22.7 Å². The molecule has 36 heavy (non-hydrogen) atoms. The number of aliphatic hydroxyl groups is 1. The van der Waals surface area contributed by atoms with Gasteiger partial charge in [0.05, 0.1) is 29.9 Å². The fraction of sp³-hybridized carbons (Fsp3) is 0.208. The Hall–Kier alpha value is -4.45. The van der Waals surface area contributed by atoms with Gasteiger partial charge >= 0.3 is 0 Å². The number of anilines is 2. The van der Waals surface area contributed by atoms with Crippen molar-refractivity contribution in [2.75, 3.05) is 12.4 Å². The smallest absolute Gasteiger partial charge is 0.282 e. The van der Waals surface area contributed by atoms with Gasteiger partial charge in [-0.25, -0.2) is 18.7 Å². The molecule has 0 saturated carbocycles. The van der Waals surface area contributed by atoms with Gasteiger partial charge in [0, 0.05) is 17.3 Å². The normalized spacial score (nSPS) is 12.3. The number of imidazole rings is 1. The van der Waals surface area contributed by atoms with E-state index in [4.69, 9.17) is 4.74 Å². The van der Waals surface area contributed by atoms with E-state index in [1.807, 2.05) is 37.3 Å². The molecule has 4 aromatic heterocycles. The molecule has 184 valence electrons. The number of methoxy groups -OCH3 is 1. The van der Waals surface area contributed by atoms with E-state index in [-0.39, 0.29) is 11.7 Å². The fourth-order valence-corrected chi connectivity index (χ4v) is 3.75. The molecule has 10 nitrogen and oxygen atoms in total. The number of rotatable bonds is 7. The summed E-state index contributed by atoms with van der Waals surface area (Å²) < 4.78 is 34.8. The molecule has 2 N–H and O–H groups in total. The number of alkyl halides is 2. The van der Waals surface area contributed by atoms with Crippen LogP contribution in [0.25, 0.3) is 22.7 Å². The van der Waals surface area contributed by atoms with E-state index in [2.05, 4.69) is 30.6 Å². The maximum atomic E-state index is 13.3. The van der Waals surface area contributed by atoms with Crippen LogP contribution in [0.3, 0.4) is 0 Å². The van der Waals surface area contributed by atoms with Gasteiger partial charge in [-0.05, 0) is 56.3 Å². The molecule has 5 aromatic rings. The maximum absolute atomic E-state index is 13.3. The summed E-state index contributed by atoms with van der Waals surface area (Å²) in [6, 6.07) is 13.8. The lowest BCUT2D eigenvalue weighted by atomic mass is 10.1. The molecule has 0 amide bonds. The van der Waals surface area contributed by atoms with Crippen molar-refractivity contribution >= 4 is 22.5 Å². The quantitative estimate of drug-likeness (QED) is 0.342. The topological polar surface area (TPSA) is 116 Å². The van der Waals surface area contributed by atoms with Crippen molar-refractivity contribution in [3.05, 3.63) is 71.8 Å². The van der Waals surface area contributed by atoms with Crippen molar-refractivity contribution in [2.24, 2.45) is 0 Å². The molecule has 1 unspecified atom stereocenters. The Morgan fingerprint density at radius 3 is 2.58 bits per heavy atom. The Bertz CT molecular complexity index is 1530. The van der Waals surface area contributed by atoms with Crippen LogP contribution in [0.1, 0.15) is 36.4 Å². The average molecular weight is 492 g/mol. The maximum Gasteiger partial charge on any atom is 0.282 e. The van der Waals surface area contributed by atoms with Crippen LogP contribution in [0.15, 0.2) is 54.9 Å². The first-order valence-electron chi connectivity index (χ1n) is 11.0. The van der Waals surface area contributed by atoms with Crippen LogP contribution in [-0.2, 0) is 0 Å².